The largest absolute Gasteiger partial charge is 0.481 e. The molecular formula is C14H22O2. The van der Waals surface area contributed by atoms with Crippen LogP contribution in [0.25, 0.3) is 0 Å². The number of allylic oxidation sites excluding steroid dienone is 4. The summed E-state index contributed by atoms with van der Waals surface area (Å²) in [6, 6.07) is 0. The van der Waals surface area contributed by atoms with E-state index in [-0.39, 0.29) is 0 Å². The Kier molecular flexibility index (Phi) is 5.30. The maximum Gasteiger partial charge on any atom is 0.309 e. The van der Waals surface area contributed by atoms with Crippen molar-refractivity contribution in [3.63, 3.8) is 0 Å². The third-order valence-electron chi connectivity index (χ3n) is 3.27. The van der Waals surface area contributed by atoms with E-state index in [1.165, 1.54) is 25.7 Å². The Hall–Kier alpha value is -1.05. The van der Waals surface area contributed by atoms with E-state index in [1.54, 1.807) is 6.92 Å². The summed E-state index contributed by atoms with van der Waals surface area (Å²) in [4.78, 5) is 10.6. The van der Waals surface area contributed by atoms with E-state index in [0.717, 1.165) is 12.8 Å². The highest BCUT2D eigenvalue weighted by molar-refractivity contribution is 5.74. The number of hydrogen-bond acceptors (Lipinski definition) is 1. The summed E-state index contributed by atoms with van der Waals surface area (Å²) in [6.07, 6.45) is 16.4. The molecular weight excluding hydrogens is 200 g/mol. The molecule has 0 bridgehead atoms. The molecule has 1 atom stereocenters. The van der Waals surface area contributed by atoms with Gasteiger partial charge in [-0.1, -0.05) is 24.3 Å². The molecule has 0 aromatic heterocycles. The van der Waals surface area contributed by atoms with Crippen molar-refractivity contribution in [3.8, 4) is 0 Å². The van der Waals surface area contributed by atoms with Crippen LogP contribution in [0.2, 0.25) is 0 Å². The summed E-state index contributed by atoms with van der Waals surface area (Å²) >= 11 is 0. The molecule has 0 heterocycles. The molecule has 1 N–H and O–H groups in total. The van der Waals surface area contributed by atoms with Crippen molar-refractivity contribution >= 4 is 5.97 Å². The van der Waals surface area contributed by atoms with Gasteiger partial charge in [-0.15, -0.1) is 0 Å². The Morgan fingerprint density at radius 1 is 1.06 bits per heavy atom. The lowest BCUT2D eigenvalue weighted by Gasteiger charge is -2.25. The molecule has 2 heteroatoms. The zero-order valence-corrected chi connectivity index (χ0v) is 10.1. The van der Waals surface area contributed by atoms with Crippen LogP contribution in [0.1, 0.15) is 51.9 Å². The molecule has 0 aromatic rings. The van der Waals surface area contributed by atoms with Gasteiger partial charge in [0.15, 0.2) is 0 Å². The highest BCUT2D eigenvalue weighted by atomic mass is 16.4. The van der Waals surface area contributed by atoms with Gasteiger partial charge < -0.3 is 5.11 Å². The van der Waals surface area contributed by atoms with Gasteiger partial charge in [-0.25, -0.2) is 0 Å². The van der Waals surface area contributed by atoms with E-state index in [0.29, 0.717) is 6.42 Å². The highest BCUT2D eigenvalue weighted by Gasteiger charge is 2.32. The molecule has 0 saturated heterocycles. The van der Waals surface area contributed by atoms with Crippen molar-refractivity contribution in [1.29, 1.82) is 0 Å². The average Bonchev–Trinajstić information content (AvgIpc) is 2.33. The second-order valence-corrected chi connectivity index (χ2v) is 4.84. The fourth-order valence-corrected chi connectivity index (χ4v) is 1.92. The van der Waals surface area contributed by atoms with Gasteiger partial charge in [0.25, 0.3) is 0 Å². The third-order valence-corrected chi connectivity index (χ3v) is 3.27. The number of hydrogen-bond donors (Lipinski definition) is 1. The Labute approximate surface area is 98.1 Å². The lowest BCUT2D eigenvalue weighted by atomic mass is 9.79. The van der Waals surface area contributed by atoms with Crippen LogP contribution in [-0.4, -0.2) is 11.1 Å². The first-order chi connectivity index (χ1) is 7.65. The zero-order valence-electron chi connectivity index (χ0n) is 10.1. The average molecular weight is 222 g/mol. The van der Waals surface area contributed by atoms with Crippen LogP contribution in [0.5, 0.6) is 0 Å². The van der Waals surface area contributed by atoms with Gasteiger partial charge in [-0.05, 0) is 51.9 Å². The van der Waals surface area contributed by atoms with Gasteiger partial charge >= 0.3 is 5.97 Å². The second kappa shape index (κ2) is 6.51. The standard InChI is InChI=1S/C8H12O2.C6H10/c1-8(7(9)10)5-3-2-4-6-8;1-2-4-6-5-3-1/h2-3H,4-6H2,1H3,(H,9,10);1-2H,3-6H2. The molecule has 2 nitrogen and oxygen atoms in total. The van der Waals surface area contributed by atoms with Crippen molar-refractivity contribution in [2.75, 3.05) is 0 Å². The van der Waals surface area contributed by atoms with Crippen molar-refractivity contribution < 1.29 is 9.90 Å². The number of aliphatic carboxylic acids is 1. The third kappa shape index (κ3) is 4.21. The molecule has 0 radical (unpaired) electrons. The van der Waals surface area contributed by atoms with Crippen molar-refractivity contribution in [3.05, 3.63) is 24.3 Å². The predicted molar refractivity (Wildman–Crippen MR) is 66.3 cm³/mol. The smallest absolute Gasteiger partial charge is 0.309 e. The molecule has 0 aliphatic heterocycles. The molecule has 0 spiro atoms. The predicted octanol–water partition coefficient (Wildman–Crippen LogP) is 3.93. The number of carboxylic acid groups (broad SMARTS) is 1. The van der Waals surface area contributed by atoms with Crippen molar-refractivity contribution in [2.45, 2.75) is 51.9 Å². The van der Waals surface area contributed by atoms with Gasteiger partial charge in [0.05, 0.1) is 5.41 Å². The number of rotatable bonds is 1. The lowest BCUT2D eigenvalue weighted by Crippen LogP contribution is -2.27. The van der Waals surface area contributed by atoms with Crippen LogP contribution in [-0.2, 0) is 4.79 Å². The van der Waals surface area contributed by atoms with Crippen molar-refractivity contribution in [1.82, 2.24) is 0 Å². The summed E-state index contributed by atoms with van der Waals surface area (Å²) < 4.78 is 0. The van der Waals surface area contributed by atoms with E-state index in [2.05, 4.69) is 12.2 Å². The zero-order chi connectivity index (χ0) is 11.9. The Bertz CT molecular complexity index is 270. The first-order valence-electron chi connectivity index (χ1n) is 6.18. The maximum absolute atomic E-state index is 10.6. The molecule has 2 aliphatic carbocycles. The topological polar surface area (TPSA) is 37.3 Å². The molecule has 2 rings (SSSR count). The van der Waals surface area contributed by atoms with Gasteiger partial charge in [-0.2, -0.15) is 0 Å². The van der Waals surface area contributed by atoms with Gasteiger partial charge in [0, 0.05) is 0 Å². The summed E-state index contributed by atoms with van der Waals surface area (Å²) in [6.45, 7) is 1.80. The quantitative estimate of drug-likeness (QED) is 0.682. The minimum Gasteiger partial charge on any atom is -0.481 e. The minimum absolute atomic E-state index is 0.491. The molecule has 16 heavy (non-hydrogen) atoms. The SMILES string of the molecule is C1=CCCCC1.CC1(C(=O)O)CC=CCC1. The first kappa shape index (κ1) is 13.0. The van der Waals surface area contributed by atoms with E-state index >= 15 is 0 Å². The van der Waals surface area contributed by atoms with Crippen LogP contribution >= 0.6 is 0 Å². The van der Waals surface area contributed by atoms with Crippen molar-refractivity contribution in [2.24, 2.45) is 5.41 Å². The number of carbonyl (C=O) groups is 1. The molecule has 1 unspecified atom stereocenters. The van der Waals surface area contributed by atoms with Gasteiger partial charge in [-0.3, -0.25) is 4.79 Å². The molecule has 0 saturated carbocycles. The van der Waals surface area contributed by atoms with Crippen LogP contribution in [0, 0.1) is 5.41 Å². The van der Waals surface area contributed by atoms with Crippen LogP contribution in [0.15, 0.2) is 24.3 Å². The summed E-state index contributed by atoms with van der Waals surface area (Å²) in [5.74, 6) is -0.670. The van der Waals surface area contributed by atoms with Gasteiger partial charge in [0.1, 0.15) is 0 Å². The number of carboxylic acids is 1. The lowest BCUT2D eigenvalue weighted by molar-refractivity contribution is -0.148. The normalized spacial score (nSPS) is 28.1. The van der Waals surface area contributed by atoms with E-state index in [4.69, 9.17) is 5.11 Å². The Morgan fingerprint density at radius 2 is 1.62 bits per heavy atom. The van der Waals surface area contributed by atoms with E-state index in [1.807, 2.05) is 12.2 Å². The van der Waals surface area contributed by atoms with E-state index in [9.17, 15) is 4.79 Å². The second-order valence-electron chi connectivity index (χ2n) is 4.84. The first-order valence-corrected chi connectivity index (χ1v) is 6.18. The summed E-state index contributed by atoms with van der Waals surface area (Å²) in [5.41, 5.74) is -0.491. The van der Waals surface area contributed by atoms with Crippen LogP contribution in [0.4, 0.5) is 0 Å². The maximum atomic E-state index is 10.6. The van der Waals surface area contributed by atoms with E-state index < -0.39 is 11.4 Å². The minimum atomic E-state index is -0.670. The molecule has 2 aliphatic rings. The highest BCUT2D eigenvalue weighted by Crippen LogP contribution is 2.31. The van der Waals surface area contributed by atoms with Gasteiger partial charge in [0.2, 0.25) is 0 Å². The summed E-state index contributed by atoms with van der Waals surface area (Å²) in [5, 5.41) is 8.76. The molecule has 90 valence electrons. The fourth-order valence-electron chi connectivity index (χ4n) is 1.92. The summed E-state index contributed by atoms with van der Waals surface area (Å²) in [7, 11) is 0. The van der Waals surface area contributed by atoms with Crippen LogP contribution < -0.4 is 0 Å². The molecule has 0 amide bonds. The Balaban J connectivity index is 0.000000181. The Morgan fingerprint density at radius 3 is 1.88 bits per heavy atom. The molecule has 0 fully saturated rings. The monoisotopic (exact) mass is 222 g/mol. The molecule has 0 aromatic carbocycles. The fraction of sp³-hybridized carbons (Fsp3) is 0.643. The van der Waals surface area contributed by atoms with Crippen LogP contribution in [0.3, 0.4) is 0 Å².